The maximum atomic E-state index is 3.51. The Morgan fingerprint density at radius 1 is 1.18 bits per heavy atom. The van der Waals surface area contributed by atoms with Crippen molar-refractivity contribution in [2.75, 3.05) is 26.7 Å². The second-order valence-electron chi connectivity index (χ2n) is 6.05. The molecule has 0 aromatic rings. The Morgan fingerprint density at radius 3 is 2.35 bits per heavy atom. The highest BCUT2D eigenvalue weighted by Gasteiger charge is 2.32. The third kappa shape index (κ3) is 4.59. The molecule has 1 fully saturated rings. The molecule has 102 valence electrons. The van der Waals surface area contributed by atoms with Crippen LogP contribution in [0.2, 0.25) is 0 Å². The van der Waals surface area contributed by atoms with Gasteiger partial charge in [0.1, 0.15) is 0 Å². The minimum absolute atomic E-state index is 0.594. The van der Waals surface area contributed by atoms with Gasteiger partial charge in [0.25, 0.3) is 0 Å². The van der Waals surface area contributed by atoms with Gasteiger partial charge in [-0.25, -0.2) is 0 Å². The van der Waals surface area contributed by atoms with Crippen LogP contribution in [-0.4, -0.2) is 37.6 Å². The molecule has 1 rings (SSSR count). The summed E-state index contributed by atoms with van der Waals surface area (Å²) in [4.78, 5) is 2.60. The van der Waals surface area contributed by atoms with Gasteiger partial charge in [-0.2, -0.15) is 0 Å². The van der Waals surface area contributed by atoms with E-state index in [2.05, 4.69) is 38.0 Å². The van der Waals surface area contributed by atoms with Crippen LogP contribution < -0.4 is 5.32 Å². The van der Waals surface area contributed by atoms with Crippen LogP contribution in [0.4, 0.5) is 0 Å². The predicted molar refractivity (Wildman–Crippen MR) is 76.4 cm³/mol. The predicted octanol–water partition coefficient (Wildman–Crippen LogP) is 3.28. The van der Waals surface area contributed by atoms with Gasteiger partial charge in [-0.3, -0.25) is 0 Å². The minimum atomic E-state index is 0.594. The lowest BCUT2D eigenvalue weighted by molar-refractivity contribution is 0.0928. The van der Waals surface area contributed by atoms with E-state index in [9.17, 15) is 0 Å². The van der Waals surface area contributed by atoms with E-state index in [1.165, 1.54) is 58.2 Å². The molecule has 0 aromatic heterocycles. The normalized spacial score (nSPS) is 21.7. The Bertz CT molecular complexity index is 192. The molecule has 0 spiro atoms. The number of piperidine rings is 1. The van der Waals surface area contributed by atoms with E-state index < -0.39 is 0 Å². The van der Waals surface area contributed by atoms with Crippen LogP contribution in [0.25, 0.3) is 0 Å². The van der Waals surface area contributed by atoms with Crippen molar-refractivity contribution in [2.24, 2.45) is 5.41 Å². The van der Waals surface area contributed by atoms with Gasteiger partial charge in [-0.15, -0.1) is 0 Å². The molecule has 1 atom stereocenters. The summed E-state index contributed by atoms with van der Waals surface area (Å²) in [5.41, 5.74) is 0.594. The molecule has 0 radical (unpaired) electrons. The molecule has 0 bridgehead atoms. The van der Waals surface area contributed by atoms with Gasteiger partial charge >= 0.3 is 0 Å². The van der Waals surface area contributed by atoms with Crippen molar-refractivity contribution in [3.05, 3.63) is 0 Å². The van der Waals surface area contributed by atoms with Gasteiger partial charge in [0.2, 0.25) is 0 Å². The quantitative estimate of drug-likeness (QED) is 0.735. The number of hydrogen-bond acceptors (Lipinski definition) is 2. The summed E-state index contributed by atoms with van der Waals surface area (Å²) < 4.78 is 0. The molecule has 1 N–H and O–H groups in total. The van der Waals surface area contributed by atoms with E-state index in [0.29, 0.717) is 5.41 Å². The molecule has 0 amide bonds. The molecule has 1 unspecified atom stereocenters. The van der Waals surface area contributed by atoms with Gasteiger partial charge < -0.3 is 10.2 Å². The SMILES string of the molecule is CCCC(C)N(C)CC1(CCC)CCNCC1. The van der Waals surface area contributed by atoms with E-state index in [1.54, 1.807) is 0 Å². The Kier molecular flexibility index (Phi) is 6.50. The first kappa shape index (κ1) is 15.0. The molecular formula is C15H32N2. The van der Waals surface area contributed by atoms with E-state index in [0.717, 1.165) is 6.04 Å². The molecule has 1 aliphatic heterocycles. The Labute approximate surface area is 108 Å². The maximum absolute atomic E-state index is 3.51. The van der Waals surface area contributed by atoms with E-state index in [4.69, 9.17) is 0 Å². The molecule has 1 heterocycles. The summed E-state index contributed by atoms with van der Waals surface area (Å²) >= 11 is 0. The van der Waals surface area contributed by atoms with Crippen LogP contribution in [0.1, 0.15) is 59.3 Å². The Hall–Kier alpha value is -0.0800. The van der Waals surface area contributed by atoms with E-state index in [-0.39, 0.29) is 0 Å². The Balaban J connectivity index is 2.52. The highest BCUT2D eigenvalue weighted by atomic mass is 15.1. The van der Waals surface area contributed by atoms with Crippen molar-refractivity contribution in [1.82, 2.24) is 10.2 Å². The van der Waals surface area contributed by atoms with Crippen LogP contribution >= 0.6 is 0 Å². The molecule has 1 saturated heterocycles. The zero-order chi connectivity index (χ0) is 12.7. The van der Waals surface area contributed by atoms with Crippen LogP contribution in [0, 0.1) is 5.41 Å². The molecule has 2 nitrogen and oxygen atoms in total. The molecule has 0 saturated carbocycles. The summed E-state index contributed by atoms with van der Waals surface area (Å²) in [6.45, 7) is 10.7. The summed E-state index contributed by atoms with van der Waals surface area (Å²) in [5.74, 6) is 0. The monoisotopic (exact) mass is 240 g/mol. The molecule has 0 aliphatic carbocycles. The largest absolute Gasteiger partial charge is 0.317 e. The minimum Gasteiger partial charge on any atom is -0.317 e. The van der Waals surface area contributed by atoms with Gasteiger partial charge in [0.15, 0.2) is 0 Å². The summed E-state index contributed by atoms with van der Waals surface area (Å²) in [7, 11) is 2.32. The van der Waals surface area contributed by atoms with Crippen LogP contribution in [-0.2, 0) is 0 Å². The molecule has 0 aromatic carbocycles. The first-order valence-corrected chi connectivity index (χ1v) is 7.54. The average molecular weight is 240 g/mol. The maximum Gasteiger partial charge on any atom is 0.00640 e. The van der Waals surface area contributed by atoms with Crippen LogP contribution in [0.5, 0.6) is 0 Å². The fraction of sp³-hybridized carbons (Fsp3) is 1.00. The first-order chi connectivity index (χ1) is 8.13. The van der Waals surface area contributed by atoms with Crippen molar-refractivity contribution in [2.45, 2.75) is 65.3 Å². The van der Waals surface area contributed by atoms with E-state index >= 15 is 0 Å². The topological polar surface area (TPSA) is 15.3 Å². The number of hydrogen-bond donors (Lipinski definition) is 1. The average Bonchev–Trinajstić information content (AvgIpc) is 2.30. The van der Waals surface area contributed by atoms with Gasteiger partial charge in [0, 0.05) is 12.6 Å². The van der Waals surface area contributed by atoms with Crippen LogP contribution in [0.15, 0.2) is 0 Å². The fourth-order valence-corrected chi connectivity index (χ4v) is 3.30. The smallest absolute Gasteiger partial charge is 0.00640 e. The van der Waals surface area contributed by atoms with Crippen LogP contribution in [0.3, 0.4) is 0 Å². The Morgan fingerprint density at radius 2 is 1.82 bits per heavy atom. The van der Waals surface area contributed by atoms with Gasteiger partial charge in [-0.1, -0.05) is 26.7 Å². The standard InChI is InChI=1S/C15H32N2/c1-5-7-14(3)17(4)13-15(8-6-2)9-11-16-12-10-15/h14,16H,5-13H2,1-4H3. The number of nitrogens with one attached hydrogen (secondary N) is 1. The summed E-state index contributed by atoms with van der Waals surface area (Å²) in [6, 6.07) is 0.739. The second-order valence-corrected chi connectivity index (χ2v) is 6.05. The van der Waals surface area contributed by atoms with E-state index in [1.807, 2.05) is 0 Å². The summed E-state index contributed by atoms with van der Waals surface area (Å²) in [5, 5.41) is 3.51. The highest BCUT2D eigenvalue weighted by molar-refractivity contribution is 4.87. The lowest BCUT2D eigenvalue weighted by Crippen LogP contribution is -2.45. The lowest BCUT2D eigenvalue weighted by Gasteiger charge is -2.42. The van der Waals surface area contributed by atoms with Crippen molar-refractivity contribution in [1.29, 1.82) is 0 Å². The van der Waals surface area contributed by atoms with Crippen molar-refractivity contribution in [3.8, 4) is 0 Å². The third-order valence-corrected chi connectivity index (χ3v) is 4.49. The first-order valence-electron chi connectivity index (χ1n) is 7.54. The zero-order valence-electron chi connectivity index (χ0n) is 12.4. The number of rotatable bonds is 7. The number of nitrogens with zero attached hydrogens (tertiary/aromatic N) is 1. The molecule has 2 heteroatoms. The fourth-order valence-electron chi connectivity index (χ4n) is 3.30. The molecule has 17 heavy (non-hydrogen) atoms. The highest BCUT2D eigenvalue weighted by Crippen LogP contribution is 2.35. The zero-order valence-corrected chi connectivity index (χ0v) is 12.4. The second kappa shape index (κ2) is 7.38. The van der Waals surface area contributed by atoms with Crippen molar-refractivity contribution >= 4 is 0 Å². The van der Waals surface area contributed by atoms with Crippen molar-refractivity contribution < 1.29 is 0 Å². The molecular weight excluding hydrogens is 208 g/mol. The summed E-state index contributed by atoms with van der Waals surface area (Å²) in [6.07, 6.45) is 8.09. The molecule has 1 aliphatic rings. The lowest BCUT2D eigenvalue weighted by atomic mass is 9.75. The third-order valence-electron chi connectivity index (χ3n) is 4.49. The van der Waals surface area contributed by atoms with Gasteiger partial charge in [0.05, 0.1) is 0 Å². The van der Waals surface area contributed by atoms with Gasteiger partial charge in [-0.05, 0) is 58.2 Å². The van der Waals surface area contributed by atoms with Crippen molar-refractivity contribution in [3.63, 3.8) is 0 Å².